The largest absolute Gasteiger partial charge is 0.466 e. The average molecular weight is 510 g/mol. The topological polar surface area (TPSA) is 116 Å². The lowest BCUT2D eigenvalue weighted by molar-refractivity contribution is -0.144. The summed E-state index contributed by atoms with van der Waals surface area (Å²) in [6, 6.07) is 19.3. The van der Waals surface area contributed by atoms with Gasteiger partial charge in [-0.05, 0) is 54.4 Å². The highest BCUT2D eigenvalue weighted by molar-refractivity contribution is 6.76. The number of benzene rings is 2. The molecule has 0 radical (unpaired) electrons. The SMILES string of the molecule is CNC(=O)C(Cc1ccccc1)NCCC(CC(N=[N+]=[N-])C(=O)OCC[Si](C)(C)C)c1ccccc1. The van der Waals surface area contributed by atoms with Gasteiger partial charge in [-0.15, -0.1) is 0 Å². The molecule has 9 heteroatoms. The molecular weight excluding hydrogens is 470 g/mol. The molecule has 1 amide bonds. The first-order chi connectivity index (χ1) is 17.2. The summed E-state index contributed by atoms with van der Waals surface area (Å²) in [5.41, 5.74) is 11.2. The minimum atomic E-state index is -1.35. The van der Waals surface area contributed by atoms with Crippen molar-refractivity contribution in [3.63, 3.8) is 0 Å². The van der Waals surface area contributed by atoms with Crippen LogP contribution in [0.3, 0.4) is 0 Å². The Morgan fingerprint density at radius 2 is 1.69 bits per heavy atom. The summed E-state index contributed by atoms with van der Waals surface area (Å²) >= 11 is 0. The number of rotatable bonds is 15. The number of azide groups is 1. The van der Waals surface area contributed by atoms with E-state index in [-0.39, 0.29) is 17.9 Å². The number of hydrogen-bond donors (Lipinski definition) is 2. The number of nitrogens with one attached hydrogen (secondary N) is 2. The zero-order valence-corrected chi connectivity index (χ0v) is 22.8. The van der Waals surface area contributed by atoms with E-state index in [1.807, 2.05) is 60.7 Å². The molecule has 2 aromatic rings. The van der Waals surface area contributed by atoms with Gasteiger partial charge < -0.3 is 15.4 Å². The van der Waals surface area contributed by atoms with Gasteiger partial charge in [0, 0.05) is 20.0 Å². The quantitative estimate of drug-likeness (QED) is 0.115. The van der Waals surface area contributed by atoms with E-state index in [0.29, 0.717) is 32.4 Å². The molecule has 36 heavy (non-hydrogen) atoms. The number of likely N-dealkylation sites (N-methyl/N-ethyl adjacent to an activating group) is 1. The van der Waals surface area contributed by atoms with Gasteiger partial charge in [-0.3, -0.25) is 9.59 Å². The second-order valence-corrected chi connectivity index (χ2v) is 15.8. The highest BCUT2D eigenvalue weighted by Gasteiger charge is 2.26. The molecule has 194 valence electrons. The Morgan fingerprint density at radius 3 is 2.28 bits per heavy atom. The third-order valence-corrected chi connectivity index (χ3v) is 7.77. The van der Waals surface area contributed by atoms with Crippen molar-refractivity contribution < 1.29 is 14.3 Å². The Bertz CT molecular complexity index is 991. The van der Waals surface area contributed by atoms with E-state index < -0.39 is 20.1 Å². The van der Waals surface area contributed by atoms with Gasteiger partial charge in [-0.1, -0.05) is 85.4 Å². The molecule has 0 fully saturated rings. The maximum atomic E-state index is 12.8. The lowest BCUT2D eigenvalue weighted by atomic mass is 9.89. The second-order valence-electron chi connectivity index (χ2n) is 10.1. The summed E-state index contributed by atoms with van der Waals surface area (Å²) in [4.78, 5) is 28.2. The number of ether oxygens (including phenoxy) is 1. The van der Waals surface area contributed by atoms with Gasteiger partial charge >= 0.3 is 5.97 Å². The lowest BCUT2D eigenvalue weighted by Crippen LogP contribution is -2.45. The molecule has 0 bridgehead atoms. The van der Waals surface area contributed by atoms with Gasteiger partial charge in [-0.25, -0.2) is 0 Å². The van der Waals surface area contributed by atoms with Crippen LogP contribution >= 0.6 is 0 Å². The maximum Gasteiger partial charge on any atom is 0.314 e. The van der Waals surface area contributed by atoms with Gasteiger partial charge in [0.15, 0.2) is 0 Å². The molecule has 0 aliphatic rings. The number of carbonyl (C=O) groups excluding carboxylic acids is 2. The fourth-order valence-corrected chi connectivity index (χ4v) is 4.65. The van der Waals surface area contributed by atoms with E-state index in [1.54, 1.807) is 7.05 Å². The number of nitrogens with zero attached hydrogens (tertiary/aromatic N) is 3. The van der Waals surface area contributed by atoms with Crippen LogP contribution in [0.15, 0.2) is 65.8 Å². The molecular formula is C27H39N5O3Si. The molecule has 2 rings (SSSR count). The monoisotopic (exact) mass is 509 g/mol. The van der Waals surface area contributed by atoms with Crippen molar-refractivity contribution in [1.29, 1.82) is 0 Å². The maximum absolute atomic E-state index is 12.8. The summed E-state index contributed by atoms with van der Waals surface area (Å²) in [5, 5.41) is 9.89. The zero-order chi connectivity index (χ0) is 26.4. The van der Waals surface area contributed by atoms with Crippen LogP contribution in [0.5, 0.6) is 0 Å². The van der Waals surface area contributed by atoms with Crippen molar-refractivity contribution >= 4 is 20.0 Å². The molecule has 0 aliphatic carbocycles. The van der Waals surface area contributed by atoms with Gasteiger partial charge in [0.05, 0.1) is 12.6 Å². The summed E-state index contributed by atoms with van der Waals surface area (Å²) in [6.07, 6.45) is 1.57. The van der Waals surface area contributed by atoms with Crippen LogP contribution in [0.1, 0.15) is 29.9 Å². The van der Waals surface area contributed by atoms with Crippen molar-refractivity contribution in [2.45, 2.75) is 62.9 Å². The van der Waals surface area contributed by atoms with Crippen LogP contribution in [-0.4, -0.2) is 52.2 Å². The minimum absolute atomic E-state index is 0.0548. The summed E-state index contributed by atoms with van der Waals surface area (Å²) in [5.74, 6) is -0.610. The van der Waals surface area contributed by atoms with E-state index in [9.17, 15) is 9.59 Å². The van der Waals surface area contributed by atoms with Gasteiger partial charge in [0.25, 0.3) is 0 Å². The van der Waals surface area contributed by atoms with Gasteiger partial charge in [-0.2, -0.15) is 0 Å². The molecule has 0 saturated heterocycles. The van der Waals surface area contributed by atoms with Crippen LogP contribution in [0.2, 0.25) is 25.7 Å². The smallest absolute Gasteiger partial charge is 0.314 e. The second kappa shape index (κ2) is 15.1. The van der Waals surface area contributed by atoms with Crippen molar-refractivity contribution in [2.75, 3.05) is 20.2 Å². The molecule has 0 aliphatic heterocycles. The number of amides is 1. The van der Waals surface area contributed by atoms with Gasteiger partial charge in [0.1, 0.15) is 6.04 Å². The molecule has 0 heterocycles. The first kappa shape index (κ1) is 29.1. The zero-order valence-electron chi connectivity index (χ0n) is 21.8. The normalized spacial score (nSPS) is 13.7. The van der Waals surface area contributed by atoms with E-state index in [2.05, 4.69) is 40.3 Å². The molecule has 8 nitrogen and oxygen atoms in total. The Morgan fingerprint density at radius 1 is 1.06 bits per heavy atom. The third kappa shape index (κ3) is 10.6. The Balaban J connectivity index is 2.08. The minimum Gasteiger partial charge on any atom is -0.466 e. The Kier molecular flexibility index (Phi) is 12.2. The molecule has 0 spiro atoms. The molecule has 3 atom stereocenters. The first-order valence-corrected chi connectivity index (χ1v) is 16.2. The number of hydrogen-bond acceptors (Lipinski definition) is 5. The Hall–Kier alpha value is -3.13. The van der Waals surface area contributed by atoms with Crippen LogP contribution in [0.4, 0.5) is 0 Å². The predicted molar refractivity (Wildman–Crippen MR) is 146 cm³/mol. The van der Waals surface area contributed by atoms with Crippen molar-refractivity contribution in [3.05, 3.63) is 82.2 Å². The van der Waals surface area contributed by atoms with E-state index in [1.165, 1.54) is 0 Å². The standard InChI is InChI=1S/C27H39N5O3Si/c1-29-26(33)24(19-21-11-7-5-8-12-21)30-16-15-23(22-13-9-6-10-14-22)20-25(31-32-28)27(34)35-17-18-36(2,3)4/h5-14,23-25,30H,15-20H2,1-4H3,(H,29,33). The van der Waals surface area contributed by atoms with Crippen molar-refractivity contribution in [1.82, 2.24) is 10.6 Å². The molecule has 2 N–H and O–H groups in total. The van der Waals surface area contributed by atoms with E-state index >= 15 is 0 Å². The van der Waals surface area contributed by atoms with Crippen LogP contribution in [-0.2, 0) is 20.7 Å². The fraction of sp³-hybridized carbons (Fsp3) is 0.481. The van der Waals surface area contributed by atoms with Crippen molar-refractivity contribution in [2.24, 2.45) is 5.11 Å². The fourth-order valence-electron chi connectivity index (χ4n) is 3.94. The Labute approximate surface area is 215 Å². The first-order valence-electron chi connectivity index (χ1n) is 12.5. The molecule has 2 aromatic carbocycles. The van der Waals surface area contributed by atoms with Crippen molar-refractivity contribution in [3.8, 4) is 0 Å². The molecule has 3 unspecified atom stereocenters. The average Bonchev–Trinajstić information content (AvgIpc) is 2.86. The van der Waals surface area contributed by atoms with E-state index in [0.717, 1.165) is 17.2 Å². The number of esters is 1. The highest BCUT2D eigenvalue weighted by Crippen LogP contribution is 2.26. The summed E-state index contributed by atoms with van der Waals surface area (Å²) in [6.45, 7) is 7.55. The van der Waals surface area contributed by atoms with E-state index in [4.69, 9.17) is 10.3 Å². The predicted octanol–water partition coefficient (Wildman–Crippen LogP) is 5.06. The molecule has 0 aromatic heterocycles. The van der Waals surface area contributed by atoms with Crippen LogP contribution < -0.4 is 10.6 Å². The summed E-state index contributed by atoms with van der Waals surface area (Å²) in [7, 11) is 0.279. The third-order valence-electron chi connectivity index (χ3n) is 6.07. The van der Waals surface area contributed by atoms with Gasteiger partial charge in [0.2, 0.25) is 5.91 Å². The van der Waals surface area contributed by atoms with Crippen LogP contribution in [0, 0.1) is 0 Å². The summed E-state index contributed by atoms with van der Waals surface area (Å²) < 4.78 is 5.49. The highest BCUT2D eigenvalue weighted by atomic mass is 28.3. The molecule has 0 saturated carbocycles. The number of carbonyl (C=O) groups is 2. The lowest BCUT2D eigenvalue weighted by Gasteiger charge is -2.23. The van der Waals surface area contributed by atoms with Crippen LogP contribution in [0.25, 0.3) is 10.4 Å².